The van der Waals surface area contributed by atoms with E-state index in [-0.39, 0.29) is 11.7 Å². The van der Waals surface area contributed by atoms with Gasteiger partial charge in [0, 0.05) is 6.54 Å². The van der Waals surface area contributed by atoms with Crippen LogP contribution in [-0.4, -0.2) is 51.1 Å². The van der Waals surface area contributed by atoms with Crippen molar-refractivity contribution in [3.8, 4) is 0 Å². The Labute approximate surface area is 87.5 Å². The lowest BCUT2D eigenvalue weighted by Crippen LogP contribution is -2.33. The van der Waals surface area contributed by atoms with Gasteiger partial charge < -0.3 is 10.0 Å². The van der Waals surface area contributed by atoms with Gasteiger partial charge in [-0.3, -0.25) is 0 Å². The van der Waals surface area contributed by atoms with E-state index >= 15 is 0 Å². The molecular formula is C9H14N4O2. The Balaban J connectivity index is 2.11. The predicted octanol–water partition coefficient (Wildman–Crippen LogP) is 0.243. The molecule has 1 aliphatic rings. The van der Waals surface area contributed by atoms with E-state index in [0.29, 0.717) is 0 Å². The van der Waals surface area contributed by atoms with Crippen LogP contribution < -0.4 is 0 Å². The van der Waals surface area contributed by atoms with Crippen molar-refractivity contribution in [2.24, 2.45) is 0 Å². The first-order valence-corrected chi connectivity index (χ1v) is 5.00. The number of hydrogen-bond acceptors (Lipinski definition) is 4. The van der Waals surface area contributed by atoms with Crippen LogP contribution in [0.4, 0.5) is 0 Å². The number of likely N-dealkylation sites (tertiary alicyclic amines) is 1. The number of rotatable bonds is 2. The van der Waals surface area contributed by atoms with Crippen molar-refractivity contribution in [3.05, 3.63) is 11.9 Å². The average molecular weight is 210 g/mol. The minimum atomic E-state index is -1.02. The molecule has 0 radical (unpaired) electrons. The Hall–Kier alpha value is -1.43. The van der Waals surface area contributed by atoms with E-state index in [1.165, 1.54) is 6.20 Å². The summed E-state index contributed by atoms with van der Waals surface area (Å²) in [6.45, 7) is 2.00. The smallest absolute Gasteiger partial charge is 0.358 e. The lowest BCUT2D eigenvalue weighted by atomic mass is 10.1. The maximum Gasteiger partial charge on any atom is 0.358 e. The monoisotopic (exact) mass is 210 g/mol. The number of nitrogens with zero attached hydrogens (tertiary/aromatic N) is 4. The van der Waals surface area contributed by atoms with Crippen molar-refractivity contribution >= 4 is 5.97 Å². The molecule has 15 heavy (non-hydrogen) atoms. The molecule has 0 unspecified atom stereocenters. The molecule has 1 aliphatic heterocycles. The summed E-state index contributed by atoms with van der Waals surface area (Å²) in [5.41, 5.74) is 0.0169. The lowest BCUT2D eigenvalue weighted by Gasteiger charge is -2.29. The molecule has 1 aromatic rings. The Morgan fingerprint density at radius 2 is 2.47 bits per heavy atom. The normalized spacial score (nSPS) is 22.9. The lowest BCUT2D eigenvalue weighted by molar-refractivity contribution is 0.0690. The first kappa shape index (κ1) is 10.1. The molecule has 1 N–H and O–H groups in total. The molecule has 0 saturated carbocycles. The van der Waals surface area contributed by atoms with Crippen LogP contribution >= 0.6 is 0 Å². The first-order chi connectivity index (χ1) is 7.16. The van der Waals surface area contributed by atoms with Crippen molar-refractivity contribution in [2.45, 2.75) is 18.9 Å². The third-order valence-corrected chi connectivity index (χ3v) is 2.70. The summed E-state index contributed by atoms with van der Waals surface area (Å²) in [5.74, 6) is -1.02. The fraction of sp³-hybridized carbons (Fsp3) is 0.667. The van der Waals surface area contributed by atoms with Crippen molar-refractivity contribution in [2.75, 3.05) is 20.1 Å². The van der Waals surface area contributed by atoms with E-state index in [2.05, 4.69) is 22.3 Å². The summed E-state index contributed by atoms with van der Waals surface area (Å²) in [4.78, 5) is 12.9. The summed E-state index contributed by atoms with van der Waals surface area (Å²) in [5, 5.41) is 16.2. The Kier molecular flexibility index (Phi) is 2.68. The molecular weight excluding hydrogens is 196 g/mol. The maximum absolute atomic E-state index is 10.6. The Morgan fingerprint density at radius 1 is 1.67 bits per heavy atom. The third kappa shape index (κ3) is 2.15. The van der Waals surface area contributed by atoms with Gasteiger partial charge in [0.25, 0.3) is 0 Å². The van der Waals surface area contributed by atoms with Crippen LogP contribution in [-0.2, 0) is 0 Å². The topological polar surface area (TPSA) is 71.2 Å². The second-order valence-electron chi connectivity index (χ2n) is 3.95. The van der Waals surface area contributed by atoms with E-state index < -0.39 is 5.97 Å². The van der Waals surface area contributed by atoms with E-state index in [1.54, 1.807) is 4.68 Å². The van der Waals surface area contributed by atoms with Crippen molar-refractivity contribution in [1.29, 1.82) is 0 Å². The van der Waals surface area contributed by atoms with Crippen molar-refractivity contribution in [1.82, 2.24) is 19.9 Å². The molecule has 6 nitrogen and oxygen atoms in total. The van der Waals surface area contributed by atoms with Crippen LogP contribution in [0.15, 0.2) is 6.20 Å². The Morgan fingerprint density at radius 3 is 3.07 bits per heavy atom. The van der Waals surface area contributed by atoms with Gasteiger partial charge in [0.1, 0.15) is 0 Å². The second-order valence-corrected chi connectivity index (χ2v) is 3.95. The number of carbonyl (C=O) groups is 1. The van der Waals surface area contributed by atoms with Gasteiger partial charge in [0.15, 0.2) is 5.69 Å². The molecule has 82 valence electrons. The predicted molar refractivity (Wildman–Crippen MR) is 52.7 cm³/mol. The highest BCUT2D eigenvalue weighted by molar-refractivity contribution is 5.84. The SMILES string of the molecule is CN1CCC[C@H](n2cc(C(=O)O)nn2)C1. The molecule has 2 heterocycles. The average Bonchev–Trinajstić information content (AvgIpc) is 2.66. The number of piperidine rings is 1. The zero-order valence-electron chi connectivity index (χ0n) is 8.63. The van der Waals surface area contributed by atoms with Gasteiger partial charge in [0.05, 0.1) is 12.2 Å². The van der Waals surface area contributed by atoms with Crippen LogP contribution in [0.1, 0.15) is 29.4 Å². The Bertz CT molecular complexity index is 363. The molecule has 0 bridgehead atoms. The summed E-state index contributed by atoms with van der Waals surface area (Å²) < 4.78 is 1.67. The molecule has 1 fully saturated rings. The molecule has 1 aromatic heterocycles. The molecule has 0 aromatic carbocycles. The second kappa shape index (κ2) is 3.98. The molecule has 1 atom stereocenters. The van der Waals surface area contributed by atoms with Crippen LogP contribution in [0.2, 0.25) is 0 Å². The van der Waals surface area contributed by atoms with Gasteiger partial charge in [-0.25, -0.2) is 9.48 Å². The zero-order valence-corrected chi connectivity index (χ0v) is 8.63. The van der Waals surface area contributed by atoms with E-state index in [9.17, 15) is 4.79 Å². The number of carboxylic acids is 1. The van der Waals surface area contributed by atoms with Gasteiger partial charge in [-0.2, -0.15) is 0 Å². The highest BCUT2D eigenvalue weighted by Crippen LogP contribution is 2.19. The van der Waals surface area contributed by atoms with Gasteiger partial charge in [-0.1, -0.05) is 5.21 Å². The number of aromatic carboxylic acids is 1. The molecule has 6 heteroatoms. The minimum Gasteiger partial charge on any atom is -0.476 e. The van der Waals surface area contributed by atoms with E-state index in [1.807, 2.05) is 0 Å². The summed E-state index contributed by atoms with van der Waals surface area (Å²) in [6.07, 6.45) is 3.66. The number of likely N-dealkylation sites (N-methyl/N-ethyl adjacent to an activating group) is 1. The van der Waals surface area contributed by atoms with Crippen LogP contribution in [0, 0.1) is 0 Å². The highest BCUT2D eigenvalue weighted by atomic mass is 16.4. The largest absolute Gasteiger partial charge is 0.476 e. The zero-order chi connectivity index (χ0) is 10.8. The van der Waals surface area contributed by atoms with Crippen LogP contribution in [0.5, 0.6) is 0 Å². The third-order valence-electron chi connectivity index (χ3n) is 2.70. The van der Waals surface area contributed by atoms with E-state index in [4.69, 9.17) is 5.11 Å². The molecule has 0 spiro atoms. The first-order valence-electron chi connectivity index (χ1n) is 5.00. The van der Waals surface area contributed by atoms with Gasteiger partial charge >= 0.3 is 5.97 Å². The number of carboxylic acid groups (broad SMARTS) is 1. The van der Waals surface area contributed by atoms with Crippen molar-refractivity contribution in [3.63, 3.8) is 0 Å². The maximum atomic E-state index is 10.6. The fourth-order valence-corrected chi connectivity index (χ4v) is 1.91. The number of aromatic nitrogens is 3. The summed E-state index contributed by atoms with van der Waals surface area (Å²) >= 11 is 0. The van der Waals surface area contributed by atoms with Crippen LogP contribution in [0.3, 0.4) is 0 Å². The summed E-state index contributed by atoms with van der Waals surface area (Å²) in [6, 6.07) is 0.254. The van der Waals surface area contributed by atoms with Gasteiger partial charge in [-0.15, -0.1) is 5.10 Å². The van der Waals surface area contributed by atoms with Crippen LogP contribution in [0.25, 0.3) is 0 Å². The van der Waals surface area contributed by atoms with E-state index in [0.717, 1.165) is 25.9 Å². The highest BCUT2D eigenvalue weighted by Gasteiger charge is 2.20. The van der Waals surface area contributed by atoms with Gasteiger partial charge in [-0.05, 0) is 26.4 Å². The number of hydrogen-bond donors (Lipinski definition) is 1. The molecule has 0 amide bonds. The molecule has 1 saturated heterocycles. The standard InChI is InChI=1S/C9H14N4O2/c1-12-4-2-3-7(5-12)13-6-8(9(14)15)10-11-13/h6-7H,2-5H2,1H3,(H,14,15)/t7-/m0/s1. The molecule has 2 rings (SSSR count). The summed E-state index contributed by atoms with van der Waals surface area (Å²) in [7, 11) is 2.06. The minimum absolute atomic E-state index is 0.0169. The van der Waals surface area contributed by atoms with Gasteiger partial charge in [0.2, 0.25) is 0 Å². The van der Waals surface area contributed by atoms with Crippen molar-refractivity contribution < 1.29 is 9.90 Å². The molecule has 0 aliphatic carbocycles. The fourth-order valence-electron chi connectivity index (χ4n) is 1.91. The quantitative estimate of drug-likeness (QED) is 0.757.